The summed E-state index contributed by atoms with van der Waals surface area (Å²) in [5.74, 6) is 1.10. The van der Waals surface area contributed by atoms with E-state index in [9.17, 15) is 4.79 Å². The zero-order valence-corrected chi connectivity index (χ0v) is 23.5. The summed E-state index contributed by atoms with van der Waals surface area (Å²) in [7, 11) is 0. The van der Waals surface area contributed by atoms with Crippen LogP contribution in [0.3, 0.4) is 0 Å². The van der Waals surface area contributed by atoms with Gasteiger partial charge in [-0.2, -0.15) is 0 Å². The first kappa shape index (κ1) is 26.5. The molecular formula is C33H27BBrN3O. The lowest BCUT2D eigenvalue weighted by Crippen LogP contribution is -2.56. The summed E-state index contributed by atoms with van der Waals surface area (Å²) in [6, 6.07) is 33.8. The van der Waals surface area contributed by atoms with Gasteiger partial charge in [-0.05, 0) is 54.7 Å². The highest BCUT2D eigenvalue weighted by molar-refractivity contribution is 9.10. The molecule has 0 saturated heterocycles. The molecule has 4 aromatic carbocycles. The van der Waals surface area contributed by atoms with E-state index in [1.165, 1.54) is 11.1 Å². The molecule has 2 heterocycles. The van der Waals surface area contributed by atoms with Gasteiger partial charge in [0.05, 0.1) is 0 Å². The van der Waals surface area contributed by atoms with Crippen LogP contribution in [0.1, 0.15) is 16.7 Å². The van der Waals surface area contributed by atoms with Gasteiger partial charge in [-0.1, -0.05) is 119 Å². The van der Waals surface area contributed by atoms with E-state index in [1.54, 1.807) is 0 Å². The molecule has 0 unspecified atom stereocenters. The number of halogens is 1. The van der Waals surface area contributed by atoms with Crippen molar-refractivity contribution in [3.05, 3.63) is 136 Å². The Morgan fingerprint density at radius 1 is 0.718 bits per heavy atom. The summed E-state index contributed by atoms with van der Waals surface area (Å²) in [5, 5.41) is 0. The minimum absolute atomic E-state index is 0.0426. The summed E-state index contributed by atoms with van der Waals surface area (Å²) in [6.07, 6.45) is 0.534. The van der Waals surface area contributed by atoms with Crippen LogP contribution in [0.5, 0.6) is 0 Å². The highest BCUT2D eigenvalue weighted by Gasteiger charge is 2.38. The van der Waals surface area contributed by atoms with Crippen LogP contribution in [0.4, 0.5) is 0 Å². The van der Waals surface area contributed by atoms with Crippen molar-refractivity contribution < 1.29 is 4.79 Å². The van der Waals surface area contributed by atoms with Crippen LogP contribution in [-0.2, 0) is 11.2 Å². The van der Waals surface area contributed by atoms with Gasteiger partial charge in [0.1, 0.15) is 11.4 Å². The Bertz CT molecular complexity index is 1580. The van der Waals surface area contributed by atoms with Gasteiger partial charge in [0.25, 0.3) is 0 Å². The molecule has 1 aliphatic rings. The molecule has 0 bridgehead atoms. The molecule has 0 atom stereocenters. The zero-order chi connectivity index (χ0) is 27.4. The molecule has 0 spiro atoms. The molecule has 1 aromatic heterocycles. The number of aryl methyl sites for hydroxylation is 2. The second-order valence-corrected chi connectivity index (χ2v) is 10.5. The smallest absolute Gasteiger partial charge is 0.305 e. The Labute approximate surface area is 238 Å². The minimum atomic E-state index is -0.600. The molecule has 0 N–H and O–H groups in total. The molecule has 0 saturated carbocycles. The van der Waals surface area contributed by atoms with E-state index in [0.717, 1.165) is 26.6 Å². The van der Waals surface area contributed by atoms with E-state index in [-0.39, 0.29) is 5.68 Å². The number of rotatable bonds is 3. The van der Waals surface area contributed by atoms with Crippen molar-refractivity contribution in [2.24, 2.45) is 0 Å². The normalized spacial score (nSPS) is 12.4. The predicted molar refractivity (Wildman–Crippen MR) is 164 cm³/mol. The molecule has 6 heteroatoms. The van der Waals surface area contributed by atoms with Crippen LogP contribution in [-0.4, -0.2) is 27.3 Å². The fraction of sp³-hybridized carbons (Fsp3) is 0.0909. The van der Waals surface area contributed by atoms with E-state index in [2.05, 4.69) is 60.6 Å². The molecule has 39 heavy (non-hydrogen) atoms. The van der Waals surface area contributed by atoms with Gasteiger partial charge in [-0.15, -0.1) is 0 Å². The van der Waals surface area contributed by atoms with E-state index < -0.39 is 6.71 Å². The summed E-state index contributed by atoms with van der Waals surface area (Å²) < 4.78 is 0.970. The second kappa shape index (κ2) is 11.7. The molecular weight excluding hydrogens is 545 g/mol. The second-order valence-electron chi connectivity index (χ2n) is 9.58. The highest BCUT2D eigenvalue weighted by atomic mass is 79.9. The van der Waals surface area contributed by atoms with E-state index in [1.807, 2.05) is 78.9 Å². The molecule has 0 radical (unpaired) electrons. The van der Waals surface area contributed by atoms with Crippen LogP contribution in [0, 0.1) is 13.8 Å². The van der Waals surface area contributed by atoms with Crippen LogP contribution in [0.25, 0.3) is 22.8 Å². The van der Waals surface area contributed by atoms with Crippen LogP contribution in [0.2, 0.25) is 0 Å². The third kappa shape index (κ3) is 5.97. The number of aromatic nitrogens is 3. The Kier molecular flexibility index (Phi) is 7.94. The number of fused-ring (bicyclic) bond motifs is 1. The number of benzene rings is 4. The Balaban J connectivity index is 0.000000332. The summed E-state index contributed by atoms with van der Waals surface area (Å²) in [6.45, 7) is 7.67. The van der Waals surface area contributed by atoms with Crippen LogP contribution >= 0.6 is 15.9 Å². The Morgan fingerprint density at radius 3 is 1.74 bits per heavy atom. The number of allylic oxidation sites excluding steroid dienone is 1. The van der Waals surface area contributed by atoms with Crippen molar-refractivity contribution in [1.82, 2.24) is 15.0 Å². The maximum atomic E-state index is 13.3. The first-order chi connectivity index (χ1) is 18.9. The first-order valence-corrected chi connectivity index (χ1v) is 13.6. The summed E-state index contributed by atoms with van der Waals surface area (Å²) in [4.78, 5) is 27.5. The lowest BCUT2D eigenvalue weighted by Gasteiger charge is -2.23. The van der Waals surface area contributed by atoms with Crippen LogP contribution in [0.15, 0.2) is 120 Å². The van der Waals surface area contributed by atoms with E-state index in [4.69, 9.17) is 15.0 Å². The van der Waals surface area contributed by atoms with Gasteiger partial charge in [-0.25, -0.2) is 15.0 Å². The number of hydrogen-bond acceptors (Lipinski definition) is 4. The number of carbonyl (C=O) groups excluding carboxylic acids is 1. The molecule has 1 aliphatic heterocycles. The van der Waals surface area contributed by atoms with Crippen molar-refractivity contribution >= 4 is 39.5 Å². The monoisotopic (exact) mass is 571 g/mol. The van der Waals surface area contributed by atoms with Crippen molar-refractivity contribution in [2.45, 2.75) is 20.3 Å². The molecule has 190 valence electrons. The van der Waals surface area contributed by atoms with Gasteiger partial charge < -0.3 is 4.79 Å². The quantitative estimate of drug-likeness (QED) is 0.194. The number of hydrogen-bond donors (Lipinski definition) is 0. The van der Waals surface area contributed by atoms with E-state index >= 15 is 0 Å². The van der Waals surface area contributed by atoms with E-state index in [0.29, 0.717) is 29.4 Å². The molecule has 0 fully saturated rings. The van der Waals surface area contributed by atoms with Gasteiger partial charge in [0, 0.05) is 15.6 Å². The van der Waals surface area contributed by atoms with Gasteiger partial charge in [-0.3, -0.25) is 0 Å². The van der Waals surface area contributed by atoms with Gasteiger partial charge in [0.2, 0.25) is 0 Å². The topological polar surface area (TPSA) is 55.7 Å². The third-order valence-electron chi connectivity index (χ3n) is 6.83. The Morgan fingerprint density at radius 2 is 1.23 bits per heavy atom. The maximum Gasteiger partial charge on any atom is 0.341 e. The molecule has 6 rings (SSSR count). The van der Waals surface area contributed by atoms with Crippen molar-refractivity contribution in [2.75, 3.05) is 0 Å². The number of nitrogens with zero attached hydrogens (tertiary/aromatic N) is 3. The summed E-state index contributed by atoms with van der Waals surface area (Å²) in [5.41, 5.74) is 7.44. The van der Waals surface area contributed by atoms with Gasteiger partial charge in [0.15, 0.2) is 11.6 Å². The first-order valence-electron chi connectivity index (χ1n) is 12.8. The van der Waals surface area contributed by atoms with Crippen molar-refractivity contribution in [3.63, 3.8) is 0 Å². The minimum Gasteiger partial charge on any atom is -0.305 e. The standard InChI is InChI=1S/C25H17BBrN3O.C8H10/c1-16-14-19-15-20(27)12-13-21(19)26(22(16)31)25-29-23(17-8-4-2-5-9-17)28-24(30-25)18-10-6-3-7-11-18;1-7-5-3-4-6-8(7)2/h2-13,15H,1,14H2;3-6H,1-2H3. The molecule has 0 aliphatic carbocycles. The van der Waals surface area contributed by atoms with Crippen molar-refractivity contribution in [3.8, 4) is 22.8 Å². The highest BCUT2D eigenvalue weighted by Crippen LogP contribution is 2.21. The largest absolute Gasteiger partial charge is 0.341 e. The lowest BCUT2D eigenvalue weighted by molar-refractivity contribution is -0.109. The van der Waals surface area contributed by atoms with Crippen molar-refractivity contribution in [1.29, 1.82) is 0 Å². The van der Waals surface area contributed by atoms with Gasteiger partial charge >= 0.3 is 6.71 Å². The average Bonchev–Trinajstić information content (AvgIpc) is 2.96. The Hall–Kier alpha value is -4.16. The summed E-state index contributed by atoms with van der Waals surface area (Å²) >= 11 is 3.53. The van der Waals surface area contributed by atoms with Crippen LogP contribution < -0.4 is 11.2 Å². The predicted octanol–water partition coefficient (Wildman–Crippen LogP) is 6.10. The molecule has 5 aromatic rings. The average molecular weight is 572 g/mol. The molecule has 0 amide bonds. The maximum absolute atomic E-state index is 13.3. The fourth-order valence-corrected chi connectivity index (χ4v) is 4.95. The third-order valence-corrected chi connectivity index (χ3v) is 7.32. The SMILES string of the molecule is C=C1Cc2cc(Br)ccc2B(c2nc(-c3ccccc3)nc(-c3ccccc3)n2)C1=O.Cc1ccccc1C. The fourth-order valence-electron chi connectivity index (χ4n) is 4.54. The number of carbonyl (C=O) groups is 1. The molecule has 4 nitrogen and oxygen atoms in total. The lowest BCUT2D eigenvalue weighted by atomic mass is 9.37. The zero-order valence-electron chi connectivity index (χ0n) is 21.9.